The summed E-state index contributed by atoms with van der Waals surface area (Å²) in [6, 6.07) is 12.0. The predicted octanol–water partition coefficient (Wildman–Crippen LogP) is 3.33. The van der Waals surface area contributed by atoms with Crippen molar-refractivity contribution in [2.75, 3.05) is 39.5 Å². The maximum atomic E-state index is 14.0. The Balaban J connectivity index is 1.33. The van der Waals surface area contributed by atoms with Gasteiger partial charge in [0, 0.05) is 25.2 Å². The topological polar surface area (TPSA) is 125 Å². The monoisotopic (exact) mass is 556 g/mol. The number of ether oxygens (including phenoxy) is 2. The number of aromatic nitrogens is 5. The van der Waals surface area contributed by atoms with E-state index in [1.807, 2.05) is 4.90 Å². The van der Waals surface area contributed by atoms with Gasteiger partial charge in [0.1, 0.15) is 17.9 Å². The maximum Gasteiger partial charge on any atom is 0.434 e. The Morgan fingerprint density at radius 3 is 2.48 bits per heavy atom. The molecule has 1 N–H and O–H groups in total. The number of aromatic carboxylic acids is 1. The third-order valence-electron chi connectivity index (χ3n) is 6.26. The highest BCUT2D eigenvalue weighted by atomic mass is 19.4. The summed E-state index contributed by atoms with van der Waals surface area (Å²) in [5, 5.41) is 21.1. The van der Waals surface area contributed by atoms with Crippen LogP contribution in [0, 0.1) is 0 Å². The number of carbonyl (C=O) groups excluding carboxylic acids is 1. The molecular weight excluding hydrogens is 533 g/mol. The van der Waals surface area contributed by atoms with Crippen molar-refractivity contribution in [3.05, 3.63) is 77.7 Å². The largest absolute Gasteiger partial charge is 0.478 e. The molecule has 14 heteroatoms. The summed E-state index contributed by atoms with van der Waals surface area (Å²) < 4.78 is 54.5. The van der Waals surface area contributed by atoms with Crippen molar-refractivity contribution < 1.29 is 37.3 Å². The van der Waals surface area contributed by atoms with Gasteiger partial charge in [-0.25, -0.2) is 19.0 Å². The smallest absolute Gasteiger partial charge is 0.434 e. The number of halogens is 3. The van der Waals surface area contributed by atoms with Crippen LogP contribution in [-0.2, 0) is 15.7 Å². The van der Waals surface area contributed by atoms with Crippen LogP contribution in [0.1, 0.15) is 26.4 Å². The maximum absolute atomic E-state index is 14.0. The number of rotatable bonds is 8. The van der Waals surface area contributed by atoms with Crippen LogP contribution in [0.2, 0.25) is 0 Å². The highest BCUT2D eigenvalue weighted by Gasteiger charge is 2.41. The normalized spacial score (nSPS) is 14.3. The summed E-state index contributed by atoms with van der Waals surface area (Å²) >= 11 is 0. The first-order valence-corrected chi connectivity index (χ1v) is 12.2. The van der Waals surface area contributed by atoms with Gasteiger partial charge in [0.2, 0.25) is 0 Å². The van der Waals surface area contributed by atoms with E-state index in [1.54, 1.807) is 18.3 Å². The first-order valence-electron chi connectivity index (χ1n) is 12.2. The van der Waals surface area contributed by atoms with E-state index in [0.29, 0.717) is 54.5 Å². The van der Waals surface area contributed by atoms with E-state index >= 15 is 0 Å². The zero-order valence-corrected chi connectivity index (χ0v) is 20.9. The van der Waals surface area contributed by atoms with Gasteiger partial charge in [-0.3, -0.25) is 4.90 Å². The van der Waals surface area contributed by atoms with E-state index in [-0.39, 0.29) is 17.9 Å². The molecule has 1 aliphatic heterocycles. The molecule has 0 bridgehead atoms. The van der Waals surface area contributed by atoms with Crippen LogP contribution in [0.25, 0.3) is 22.6 Å². The summed E-state index contributed by atoms with van der Waals surface area (Å²) in [7, 11) is 0. The second kappa shape index (κ2) is 11.3. The first-order chi connectivity index (χ1) is 19.2. The summed E-state index contributed by atoms with van der Waals surface area (Å²) in [6.07, 6.45) is -2.46. The van der Waals surface area contributed by atoms with Gasteiger partial charge < -0.3 is 14.6 Å². The van der Waals surface area contributed by atoms with Crippen LogP contribution < -0.4 is 0 Å². The first kappa shape index (κ1) is 27.0. The lowest BCUT2D eigenvalue weighted by molar-refractivity contribution is -0.143. The number of benzene rings is 2. The lowest BCUT2D eigenvalue weighted by Gasteiger charge is -2.26. The molecule has 0 unspecified atom stereocenters. The molecule has 3 heterocycles. The summed E-state index contributed by atoms with van der Waals surface area (Å²) in [4.78, 5) is 25.8. The van der Waals surface area contributed by atoms with Gasteiger partial charge in [0.05, 0.1) is 42.5 Å². The number of esters is 1. The van der Waals surface area contributed by atoms with E-state index in [2.05, 4.69) is 15.4 Å². The molecule has 0 aliphatic carbocycles. The highest BCUT2D eigenvalue weighted by Crippen LogP contribution is 2.34. The number of carbonyl (C=O) groups is 2. The Morgan fingerprint density at radius 2 is 1.77 bits per heavy atom. The van der Waals surface area contributed by atoms with Gasteiger partial charge in [0.25, 0.3) is 0 Å². The SMILES string of the molecule is O=C(O)c1cccc(-c2cn(-c3ccc(-n4ncc(C(=O)OCCN5CCOCC5)c4C(F)(F)F)cc3)nn2)c1. The van der Waals surface area contributed by atoms with Gasteiger partial charge in [-0.15, -0.1) is 5.10 Å². The van der Waals surface area contributed by atoms with Gasteiger partial charge in [-0.1, -0.05) is 17.3 Å². The average molecular weight is 557 g/mol. The van der Waals surface area contributed by atoms with Crippen LogP contribution >= 0.6 is 0 Å². The average Bonchev–Trinajstić information content (AvgIpc) is 3.62. The second-order valence-corrected chi connectivity index (χ2v) is 8.86. The van der Waals surface area contributed by atoms with Gasteiger partial charge >= 0.3 is 18.1 Å². The standard InChI is InChI=1S/C26H23F3N6O5/c27-26(28,29)23-21(25(38)40-13-10-33-8-11-39-12-9-33)15-30-35(23)20-6-4-19(5-7-20)34-16-22(31-32-34)17-2-1-3-18(14-17)24(36)37/h1-7,14-16H,8-13H2,(H,36,37). The van der Waals surface area contributed by atoms with Crippen LogP contribution in [0.4, 0.5) is 13.2 Å². The van der Waals surface area contributed by atoms with Crippen LogP contribution in [0.15, 0.2) is 60.9 Å². The van der Waals surface area contributed by atoms with E-state index in [9.17, 15) is 27.9 Å². The van der Waals surface area contributed by atoms with E-state index in [1.165, 1.54) is 41.1 Å². The molecule has 2 aromatic heterocycles. The van der Waals surface area contributed by atoms with Gasteiger partial charge in [-0.05, 0) is 36.4 Å². The molecule has 0 amide bonds. The predicted molar refractivity (Wildman–Crippen MR) is 133 cm³/mol. The third kappa shape index (κ3) is 5.87. The number of hydrogen-bond donors (Lipinski definition) is 1. The Labute approximate surface area is 225 Å². The molecule has 40 heavy (non-hydrogen) atoms. The highest BCUT2D eigenvalue weighted by molar-refractivity contribution is 5.91. The minimum Gasteiger partial charge on any atom is -0.478 e. The molecule has 0 spiro atoms. The summed E-state index contributed by atoms with van der Waals surface area (Å²) in [5.41, 5.74) is -0.315. The molecule has 4 aromatic rings. The minimum absolute atomic E-state index is 0.0590. The fourth-order valence-corrected chi connectivity index (χ4v) is 4.22. The van der Waals surface area contributed by atoms with Gasteiger partial charge in [0.15, 0.2) is 5.69 Å². The van der Waals surface area contributed by atoms with Crippen LogP contribution in [-0.4, -0.2) is 86.2 Å². The Morgan fingerprint density at radius 1 is 1.05 bits per heavy atom. The molecular formula is C26H23F3N6O5. The van der Waals surface area contributed by atoms with E-state index in [0.717, 1.165) is 6.20 Å². The second-order valence-electron chi connectivity index (χ2n) is 8.86. The molecule has 1 aliphatic rings. The number of carboxylic acids is 1. The quantitative estimate of drug-likeness (QED) is 0.326. The summed E-state index contributed by atoms with van der Waals surface area (Å²) in [6.45, 7) is 2.75. The van der Waals surface area contributed by atoms with Crippen LogP contribution in [0.5, 0.6) is 0 Å². The molecule has 208 valence electrons. The molecule has 0 atom stereocenters. The van der Waals surface area contributed by atoms with Crippen molar-refractivity contribution in [3.63, 3.8) is 0 Å². The molecule has 11 nitrogen and oxygen atoms in total. The number of alkyl halides is 3. The fourth-order valence-electron chi connectivity index (χ4n) is 4.22. The van der Waals surface area contributed by atoms with Crippen molar-refractivity contribution in [1.29, 1.82) is 0 Å². The van der Waals surface area contributed by atoms with Crippen molar-refractivity contribution in [3.8, 4) is 22.6 Å². The fraction of sp³-hybridized carbons (Fsp3) is 0.269. The molecule has 5 rings (SSSR count). The molecule has 1 fully saturated rings. The van der Waals surface area contributed by atoms with Crippen molar-refractivity contribution in [2.24, 2.45) is 0 Å². The number of nitrogens with zero attached hydrogens (tertiary/aromatic N) is 6. The Bertz CT molecular complexity index is 1510. The van der Waals surface area contributed by atoms with Crippen molar-refractivity contribution in [1.82, 2.24) is 29.7 Å². The van der Waals surface area contributed by atoms with Gasteiger partial charge in [-0.2, -0.15) is 18.3 Å². The van der Waals surface area contributed by atoms with Crippen molar-refractivity contribution in [2.45, 2.75) is 6.18 Å². The summed E-state index contributed by atoms with van der Waals surface area (Å²) in [5.74, 6) is -2.18. The van der Waals surface area contributed by atoms with E-state index < -0.39 is 29.4 Å². The van der Waals surface area contributed by atoms with E-state index in [4.69, 9.17) is 9.47 Å². The lowest BCUT2D eigenvalue weighted by Crippen LogP contribution is -2.38. The zero-order valence-electron chi connectivity index (χ0n) is 20.9. The minimum atomic E-state index is -4.88. The molecule has 0 radical (unpaired) electrons. The number of carboxylic acid groups (broad SMARTS) is 1. The molecule has 1 saturated heterocycles. The number of morpholine rings is 1. The zero-order chi connectivity index (χ0) is 28.3. The molecule has 2 aromatic carbocycles. The lowest BCUT2D eigenvalue weighted by atomic mass is 10.1. The van der Waals surface area contributed by atoms with Crippen molar-refractivity contribution >= 4 is 11.9 Å². The Kier molecular flexibility index (Phi) is 7.62. The Hall–Kier alpha value is -4.56. The molecule has 0 saturated carbocycles. The number of hydrogen-bond acceptors (Lipinski definition) is 8. The third-order valence-corrected chi connectivity index (χ3v) is 6.26. The van der Waals surface area contributed by atoms with Crippen LogP contribution in [0.3, 0.4) is 0 Å².